The van der Waals surface area contributed by atoms with Crippen molar-refractivity contribution in [2.24, 2.45) is 0 Å². The van der Waals surface area contributed by atoms with Gasteiger partial charge in [0.05, 0.1) is 17.7 Å². The summed E-state index contributed by atoms with van der Waals surface area (Å²) in [6.07, 6.45) is -0.772. The summed E-state index contributed by atoms with van der Waals surface area (Å²) >= 11 is 0. The fourth-order valence-corrected chi connectivity index (χ4v) is 1.12. The van der Waals surface area contributed by atoms with Crippen molar-refractivity contribution in [3.8, 4) is 5.75 Å². The minimum Gasteiger partial charge on any atom is -0.497 e. The zero-order chi connectivity index (χ0) is 15.0. The van der Waals surface area contributed by atoms with Crippen molar-refractivity contribution < 1.29 is 33.9 Å². The quantitative estimate of drug-likeness (QED) is 0.451. The molecule has 20 heavy (non-hydrogen) atoms. The summed E-state index contributed by atoms with van der Waals surface area (Å²) in [7, 11) is 1.51. The van der Waals surface area contributed by atoms with Gasteiger partial charge in [0.1, 0.15) is 11.9 Å². The second-order valence-corrected chi connectivity index (χ2v) is 3.84. The third-order valence-corrected chi connectivity index (χ3v) is 2.41. The van der Waals surface area contributed by atoms with Crippen LogP contribution in [0.4, 0.5) is 4.79 Å². The molecule has 0 aliphatic rings. The van der Waals surface area contributed by atoms with E-state index in [-0.39, 0.29) is 11.7 Å². The largest absolute Gasteiger partial charge is 0.543 e. The highest BCUT2D eigenvalue weighted by molar-refractivity contribution is 5.89. The summed E-state index contributed by atoms with van der Waals surface area (Å²) in [4.78, 5) is 30.9. The molecule has 0 radical (unpaired) electrons. The van der Waals surface area contributed by atoms with Gasteiger partial charge in [-0.15, -0.1) is 0 Å². The third-order valence-electron chi connectivity index (χ3n) is 2.41. The van der Waals surface area contributed by atoms with Gasteiger partial charge in [-0.25, -0.2) is 14.5 Å². The Kier molecular flexibility index (Phi) is 6.31. The number of ether oxygens (including phenoxy) is 2. The zero-order valence-electron chi connectivity index (χ0n) is 11.5. The SMILES string of the molecule is CCC(C)OC(=O)OOOC(=O)c1ccc(OC)cc1. The first kappa shape index (κ1) is 15.8. The van der Waals surface area contributed by atoms with Gasteiger partial charge in [-0.1, -0.05) is 6.92 Å². The highest BCUT2D eigenvalue weighted by Crippen LogP contribution is 2.12. The maximum absolute atomic E-state index is 11.5. The van der Waals surface area contributed by atoms with E-state index in [4.69, 9.17) is 9.47 Å². The molecular formula is C13H16O7. The Morgan fingerprint density at radius 2 is 1.80 bits per heavy atom. The summed E-state index contributed by atoms with van der Waals surface area (Å²) in [5, 5.41) is 4.06. The molecule has 1 aromatic carbocycles. The van der Waals surface area contributed by atoms with E-state index in [9.17, 15) is 9.59 Å². The van der Waals surface area contributed by atoms with E-state index in [1.165, 1.54) is 19.2 Å². The number of rotatable bonds is 6. The van der Waals surface area contributed by atoms with Crippen LogP contribution in [0.25, 0.3) is 0 Å². The monoisotopic (exact) mass is 284 g/mol. The van der Waals surface area contributed by atoms with Gasteiger partial charge in [0.15, 0.2) is 0 Å². The maximum atomic E-state index is 11.5. The van der Waals surface area contributed by atoms with Gasteiger partial charge < -0.3 is 9.47 Å². The summed E-state index contributed by atoms with van der Waals surface area (Å²) in [5.41, 5.74) is 0.213. The molecule has 0 spiro atoms. The van der Waals surface area contributed by atoms with Crippen LogP contribution in [0.1, 0.15) is 30.6 Å². The summed E-state index contributed by atoms with van der Waals surface area (Å²) in [6.45, 7) is 3.52. The predicted octanol–water partition coefficient (Wildman–Crippen LogP) is 2.65. The highest BCUT2D eigenvalue weighted by atomic mass is 17.5. The molecule has 0 heterocycles. The van der Waals surface area contributed by atoms with Crippen molar-refractivity contribution in [3.63, 3.8) is 0 Å². The minimum atomic E-state index is -1.08. The molecule has 1 rings (SSSR count). The molecule has 0 aliphatic carbocycles. The fourth-order valence-electron chi connectivity index (χ4n) is 1.12. The van der Waals surface area contributed by atoms with E-state index in [2.05, 4.69) is 14.8 Å². The van der Waals surface area contributed by atoms with Crippen molar-refractivity contribution >= 4 is 12.1 Å². The van der Waals surface area contributed by atoms with Crippen molar-refractivity contribution in [1.82, 2.24) is 0 Å². The third kappa shape index (κ3) is 5.15. The van der Waals surface area contributed by atoms with E-state index in [0.717, 1.165) is 0 Å². The first-order chi connectivity index (χ1) is 9.56. The standard InChI is InChI=1S/C13H16O7/c1-4-9(2)17-13(15)19-20-18-12(14)10-5-7-11(16-3)8-6-10/h5-9H,4H2,1-3H3. The molecule has 0 amide bonds. The Labute approximate surface area is 116 Å². The Morgan fingerprint density at radius 1 is 1.15 bits per heavy atom. The Bertz CT molecular complexity index is 441. The average Bonchev–Trinajstić information content (AvgIpc) is 2.47. The second kappa shape index (κ2) is 8.00. The van der Waals surface area contributed by atoms with Crippen molar-refractivity contribution in [1.29, 1.82) is 0 Å². The van der Waals surface area contributed by atoms with Crippen molar-refractivity contribution in [2.75, 3.05) is 7.11 Å². The van der Waals surface area contributed by atoms with Crippen LogP contribution in [0, 0.1) is 0 Å². The van der Waals surface area contributed by atoms with E-state index >= 15 is 0 Å². The molecule has 0 fully saturated rings. The number of hydrogen-bond donors (Lipinski definition) is 0. The first-order valence-electron chi connectivity index (χ1n) is 5.97. The average molecular weight is 284 g/mol. The van der Waals surface area contributed by atoms with Gasteiger partial charge in [-0.2, -0.15) is 0 Å². The number of carbonyl (C=O) groups excluding carboxylic acids is 2. The van der Waals surface area contributed by atoms with Gasteiger partial charge in [0.25, 0.3) is 0 Å². The molecule has 1 aromatic rings. The lowest BCUT2D eigenvalue weighted by atomic mass is 10.2. The van der Waals surface area contributed by atoms with Gasteiger partial charge in [-0.05, 0) is 37.6 Å². The summed E-state index contributed by atoms with van der Waals surface area (Å²) in [5.74, 6) is -0.222. The van der Waals surface area contributed by atoms with Crippen LogP contribution in [0.15, 0.2) is 24.3 Å². The maximum Gasteiger partial charge on any atom is 0.543 e. The number of carbonyl (C=O) groups is 2. The highest BCUT2D eigenvalue weighted by Gasteiger charge is 2.13. The van der Waals surface area contributed by atoms with Crippen LogP contribution in [-0.4, -0.2) is 25.3 Å². The van der Waals surface area contributed by atoms with Crippen LogP contribution in [0.2, 0.25) is 0 Å². The summed E-state index contributed by atoms with van der Waals surface area (Å²) < 4.78 is 9.66. The molecule has 110 valence electrons. The molecule has 0 saturated carbocycles. The molecule has 1 unspecified atom stereocenters. The number of hydrogen-bond acceptors (Lipinski definition) is 7. The van der Waals surface area contributed by atoms with Crippen LogP contribution in [0.3, 0.4) is 0 Å². The molecule has 0 aromatic heterocycles. The molecule has 7 heteroatoms. The molecule has 1 atom stereocenters. The molecule has 0 saturated heterocycles. The lowest BCUT2D eigenvalue weighted by Gasteiger charge is -2.08. The predicted molar refractivity (Wildman–Crippen MR) is 66.8 cm³/mol. The number of benzene rings is 1. The van der Waals surface area contributed by atoms with Crippen LogP contribution < -0.4 is 4.74 Å². The smallest absolute Gasteiger partial charge is 0.497 e. The van der Waals surface area contributed by atoms with E-state index < -0.39 is 12.1 Å². The van der Waals surface area contributed by atoms with Crippen LogP contribution in [0.5, 0.6) is 5.75 Å². The van der Waals surface area contributed by atoms with E-state index in [1.807, 2.05) is 6.92 Å². The normalized spacial score (nSPS) is 11.3. The molecule has 0 N–H and O–H groups in total. The van der Waals surface area contributed by atoms with Crippen molar-refractivity contribution in [3.05, 3.63) is 29.8 Å². The van der Waals surface area contributed by atoms with Gasteiger partial charge in [-0.3, -0.25) is 4.89 Å². The molecular weight excluding hydrogens is 268 g/mol. The topological polar surface area (TPSA) is 80.3 Å². The molecule has 7 nitrogen and oxygen atoms in total. The fraction of sp³-hybridized carbons (Fsp3) is 0.385. The lowest BCUT2D eigenvalue weighted by Crippen LogP contribution is -2.16. The van der Waals surface area contributed by atoms with Gasteiger partial charge >= 0.3 is 12.1 Å². The Balaban J connectivity index is 2.34. The minimum absolute atomic E-state index is 0.213. The first-order valence-corrected chi connectivity index (χ1v) is 5.97. The van der Waals surface area contributed by atoms with Crippen molar-refractivity contribution in [2.45, 2.75) is 26.4 Å². The van der Waals surface area contributed by atoms with Gasteiger partial charge in [0.2, 0.25) is 0 Å². The van der Waals surface area contributed by atoms with E-state index in [1.54, 1.807) is 19.1 Å². The molecule has 0 aliphatic heterocycles. The second-order valence-electron chi connectivity index (χ2n) is 3.84. The lowest BCUT2D eigenvalue weighted by molar-refractivity contribution is -0.452. The van der Waals surface area contributed by atoms with Crippen LogP contribution >= 0.6 is 0 Å². The number of methoxy groups -OCH3 is 1. The van der Waals surface area contributed by atoms with Gasteiger partial charge in [0, 0.05) is 0 Å². The van der Waals surface area contributed by atoms with E-state index in [0.29, 0.717) is 12.2 Å². The molecule has 0 bridgehead atoms. The van der Waals surface area contributed by atoms with Crippen LogP contribution in [-0.2, 0) is 19.6 Å². The summed E-state index contributed by atoms with van der Waals surface area (Å²) in [6, 6.07) is 6.10. The Morgan fingerprint density at radius 3 is 2.35 bits per heavy atom. The Hall–Kier alpha value is -2.28. The zero-order valence-corrected chi connectivity index (χ0v) is 11.5.